The molecule has 1 atom stereocenters. The van der Waals surface area contributed by atoms with Gasteiger partial charge in [0.2, 0.25) is 12.7 Å². The van der Waals surface area contributed by atoms with Crippen LogP contribution in [0.4, 0.5) is 0 Å². The summed E-state index contributed by atoms with van der Waals surface area (Å²) in [5, 5.41) is 12.5. The first-order chi connectivity index (χ1) is 16.7. The van der Waals surface area contributed by atoms with Gasteiger partial charge in [-0.05, 0) is 54.8 Å². The van der Waals surface area contributed by atoms with Gasteiger partial charge in [0, 0.05) is 18.7 Å². The van der Waals surface area contributed by atoms with Crippen molar-refractivity contribution < 1.29 is 23.7 Å². The van der Waals surface area contributed by atoms with Gasteiger partial charge in [0.05, 0.1) is 25.5 Å². The van der Waals surface area contributed by atoms with Gasteiger partial charge in [-0.3, -0.25) is 9.36 Å². The maximum Gasteiger partial charge on any atom is 0.231 e. The van der Waals surface area contributed by atoms with Gasteiger partial charge in [0.25, 0.3) is 0 Å². The molecule has 10 heteroatoms. The molecule has 0 bridgehead atoms. The van der Waals surface area contributed by atoms with Crippen molar-refractivity contribution in [1.82, 2.24) is 20.1 Å². The molecule has 0 unspecified atom stereocenters. The van der Waals surface area contributed by atoms with Gasteiger partial charge in [-0.1, -0.05) is 17.8 Å². The van der Waals surface area contributed by atoms with Crippen molar-refractivity contribution in [3.63, 3.8) is 0 Å². The number of rotatable bonds is 9. The Kier molecular flexibility index (Phi) is 6.87. The molecule has 34 heavy (non-hydrogen) atoms. The van der Waals surface area contributed by atoms with Gasteiger partial charge in [-0.2, -0.15) is 0 Å². The highest BCUT2D eigenvalue weighted by molar-refractivity contribution is 7.99. The molecule has 2 aliphatic rings. The summed E-state index contributed by atoms with van der Waals surface area (Å²) in [6.07, 6.45) is 2.17. The molecule has 0 aliphatic carbocycles. The van der Waals surface area contributed by atoms with Crippen LogP contribution in [0.3, 0.4) is 0 Å². The van der Waals surface area contributed by atoms with E-state index in [9.17, 15) is 4.79 Å². The summed E-state index contributed by atoms with van der Waals surface area (Å²) in [6, 6.07) is 13.4. The standard InChI is InChI=1S/C24H26N4O5S/c1-30-18-7-5-17(6-8-18)23-26-27-24(28(23)13-19-3-2-10-31-19)34-14-22(29)25-12-16-4-9-20-21(11-16)33-15-32-20/h4-9,11,19H,2-3,10,12-15H2,1H3,(H,25,29)/t19-/m1/s1. The van der Waals surface area contributed by atoms with Crippen LogP contribution in [0.25, 0.3) is 11.4 Å². The van der Waals surface area contributed by atoms with Crippen molar-refractivity contribution in [1.29, 1.82) is 0 Å². The lowest BCUT2D eigenvalue weighted by Crippen LogP contribution is -2.25. The number of benzene rings is 2. The van der Waals surface area contributed by atoms with Gasteiger partial charge in [0.15, 0.2) is 22.5 Å². The van der Waals surface area contributed by atoms with E-state index >= 15 is 0 Å². The number of methoxy groups -OCH3 is 1. The van der Waals surface area contributed by atoms with E-state index in [1.165, 1.54) is 11.8 Å². The number of carbonyl (C=O) groups excluding carboxylic acids is 1. The number of fused-ring (bicyclic) bond motifs is 1. The molecule has 1 aromatic heterocycles. The summed E-state index contributed by atoms with van der Waals surface area (Å²) in [5.41, 5.74) is 1.89. The van der Waals surface area contributed by atoms with Crippen LogP contribution in [-0.4, -0.2) is 53.0 Å². The predicted octanol–water partition coefficient (Wildman–Crippen LogP) is 3.27. The summed E-state index contributed by atoms with van der Waals surface area (Å²) >= 11 is 1.37. The van der Waals surface area contributed by atoms with Gasteiger partial charge < -0.3 is 24.3 Å². The zero-order valence-electron chi connectivity index (χ0n) is 18.9. The normalized spacial score (nSPS) is 16.6. The lowest BCUT2D eigenvalue weighted by molar-refractivity contribution is -0.118. The van der Waals surface area contributed by atoms with Gasteiger partial charge in [-0.15, -0.1) is 10.2 Å². The molecule has 2 aliphatic heterocycles. The molecule has 5 rings (SSSR count). The highest BCUT2D eigenvalue weighted by Gasteiger charge is 2.22. The minimum absolute atomic E-state index is 0.0830. The summed E-state index contributed by atoms with van der Waals surface area (Å²) in [7, 11) is 1.64. The third kappa shape index (κ3) is 5.13. The summed E-state index contributed by atoms with van der Waals surface area (Å²) in [5.74, 6) is 3.11. The maximum absolute atomic E-state index is 12.5. The third-order valence-electron chi connectivity index (χ3n) is 5.73. The van der Waals surface area contributed by atoms with E-state index in [4.69, 9.17) is 18.9 Å². The molecule has 3 heterocycles. The number of aromatic nitrogens is 3. The van der Waals surface area contributed by atoms with Crippen LogP contribution >= 0.6 is 11.8 Å². The number of ether oxygens (including phenoxy) is 4. The van der Waals surface area contributed by atoms with Crippen LogP contribution in [-0.2, 0) is 22.6 Å². The molecular formula is C24H26N4O5S. The fraction of sp³-hybridized carbons (Fsp3) is 0.375. The summed E-state index contributed by atoms with van der Waals surface area (Å²) in [4.78, 5) is 12.5. The quantitative estimate of drug-likeness (QED) is 0.464. The smallest absolute Gasteiger partial charge is 0.231 e. The van der Waals surface area contributed by atoms with Crippen LogP contribution in [0.15, 0.2) is 47.6 Å². The molecule has 0 radical (unpaired) electrons. The van der Waals surface area contributed by atoms with E-state index in [1.54, 1.807) is 7.11 Å². The van der Waals surface area contributed by atoms with E-state index in [2.05, 4.69) is 15.5 Å². The minimum atomic E-state index is -0.0830. The lowest BCUT2D eigenvalue weighted by atomic mass is 10.2. The first kappa shape index (κ1) is 22.5. The maximum atomic E-state index is 12.5. The van der Waals surface area contributed by atoms with Crippen LogP contribution in [0.1, 0.15) is 18.4 Å². The number of nitrogens with one attached hydrogen (secondary N) is 1. The second kappa shape index (κ2) is 10.4. The molecule has 0 spiro atoms. The van der Waals surface area contributed by atoms with Crippen molar-refractivity contribution in [2.24, 2.45) is 0 Å². The van der Waals surface area contributed by atoms with Crippen LogP contribution in [0, 0.1) is 0 Å². The Balaban J connectivity index is 1.24. The second-order valence-corrected chi connectivity index (χ2v) is 8.98. The number of nitrogens with zero attached hydrogens (tertiary/aromatic N) is 3. The first-order valence-corrected chi connectivity index (χ1v) is 12.2. The van der Waals surface area contributed by atoms with Gasteiger partial charge >= 0.3 is 0 Å². The molecule has 1 N–H and O–H groups in total. The van der Waals surface area contributed by atoms with Crippen molar-refractivity contribution in [2.45, 2.75) is 37.2 Å². The van der Waals surface area contributed by atoms with E-state index in [0.29, 0.717) is 24.0 Å². The third-order valence-corrected chi connectivity index (χ3v) is 6.70. The number of amides is 1. The molecule has 2 aromatic carbocycles. The molecule has 0 saturated carbocycles. The predicted molar refractivity (Wildman–Crippen MR) is 126 cm³/mol. The van der Waals surface area contributed by atoms with E-state index < -0.39 is 0 Å². The van der Waals surface area contributed by atoms with Gasteiger partial charge in [-0.25, -0.2) is 0 Å². The molecule has 9 nitrogen and oxygen atoms in total. The Labute approximate surface area is 201 Å². The highest BCUT2D eigenvalue weighted by Crippen LogP contribution is 2.32. The molecule has 178 valence electrons. The molecule has 1 fully saturated rings. The zero-order valence-corrected chi connectivity index (χ0v) is 19.7. The number of hydrogen-bond acceptors (Lipinski definition) is 8. The average Bonchev–Trinajstić information content (AvgIpc) is 3.63. The zero-order chi connectivity index (χ0) is 23.3. The number of thioether (sulfide) groups is 1. The Hall–Kier alpha value is -3.24. The Morgan fingerprint density at radius 2 is 2.03 bits per heavy atom. The second-order valence-electron chi connectivity index (χ2n) is 8.03. The van der Waals surface area contributed by atoms with Crippen LogP contribution in [0.2, 0.25) is 0 Å². The number of carbonyl (C=O) groups is 1. The number of hydrogen-bond donors (Lipinski definition) is 1. The minimum Gasteiger partial charge on any atom is -0.497 e. The Bertz CT molecular complexity index is 1140. The fourth-order valence-corrected chi connectivity index (χ4v) is 4.72. The van der Waals surface area contributed by atoms with Crippen LogP contribution in [0.5, 0.6) is 17.2 Å². The van der Waals surface area contributed by atoms with Crippen molar-refractivity contribution in [3.05, 3.63) is 48.0 Å². The molecule has 1 amide bonds. The average molecular weight is 483 g/mol. The largest absolute Gasteiger partial charge is 0.497 e. The molecular weight excluding hydrogens is 456 g/mol. The van der Waals surface area contributed by atoms with Crippen molar-refractivity contribution >= 4 is 17.7 Å². The summed E-state index contributed by atoms with van der Waals surface area (Å²) < 4.78 is 23.9. The fourth-order valence-electron chi connectivity index (χ4n) is 3.94. The Morgan fingerprint density at radius 1 is 1.18 bits per heavy atom. The highest BCUT2D eigenvalue weighted by atomic mass is 32.2. The topological polar surface area (TPSA) is 96.7 Å². The summed E-state index contributed by atoms with van der Waals surface area (Å²) in [6.45, 7) is 2.06. The lowest BCUT2D eigenvalue weighted by Gasteiger charge is -2.15. The van der Waals surface area contributed by atoms with E-state index in [1.807, 2.05) is 47.0 Å². The first-order valence-electron chi connectivity index (χ1n) is 11.2. The van der Waals surface area contributed by atoms with Crippen molar-refractivity contribution in [3.8, 4) is 28.6 Å². The Morgan fingerprint density at radius 3 is 2.82 bits per heavy atom. The monoisotopic (exact) mass is 482 g/mol. The SMILES string of the molecule is COc1ccc(-c2nnc(SCC(=O)NCc3ccc4c(c3)OCO4)n2C[C@H]2CCCO2)cc1. The molecule has 1 saturated heterocycles. The molecule has 3 aromatic rings. The van der Waals surface area contributed by atoms with Crippen molar-refractivity contribution in [2.75, 3.05) is 26.3 Å². The van der Waals surface area contributed by atoms with Gasteiger partial charge in [0.1, 0.15) is 5.75 Å². The van der Waals surface area contributed by atoms with E-state index in [0.717, 1.165) is 47.9 Å². The van der Waals surface area contributed by atoms with Crippen LogP contribution < -0.4 is 19.5 Å². The van der Waals surface area contributed by atoms with E-state index in [-0.39, 0.29) is 24.6 Å².